The van der Waals surface area contributed by atoms with Gasteiger partial charge in [-0.3, -0.25) is 14.7 Å². The minimum atomic E-state index is -0.895. The molecule has 0 spiro atoms. The van der Waals surface area contributed by atoms with Crippen LogP contribution in [0.5, 0.6) is 5.88 Å². The summed E-state index contributed by atoms with van der Waals surface area (Å²) < 4.78 is 18.8. The van der Waals surface area contributed by atoms with E-state index in [4.69, 9.17) is 31.3 Å². The number of carbonyl (C=O) groups excluding carboxylic acids is 1. The van der Waals surface area contributed by atoms with Crippen molar-refractivity contribution >= 4 is 40.2 Å². The van der Waals surface area contributed by atoms with Gasteiger partial charge in [0, 0.05) is 48.4 Å². The van der Waals surface area contributed by atoms with Crippen LogP contribution in [0.2, 0.25) is 5.02 Å². The number of aldehydes is 1. The number of methoxy groups -OCH3 is 1. The molecule has 0 radical (unpaired) electrons. The lowest BCUT2D eigenvalue weighted by Crippen LogP contribution is -2.47. The highest BCUT2D eigenvalue weighted by Gasteiger charge is 2.42. The van der Waals surface area contributed by atoms with Crippen LogP contribution < -0.4 is 10.1 Å². The van der Waals surface area contributed by atoms with Crippen LogP contribution >= 0.6 is 11.6 Å². The fourth-order valence-corrected chi connectivity index (χ4v) is 5.93. The van der Waals surface area contributed by atoms with Crippen LogP contribution in [0.1, 0.15) is 34.1 Å². The number of hydrogen-bond acceptors (Lipinski definition) is 7. The second-order valence-electron chi connectivity index (χ2n) is 10.5. The van der Waals surface area contributed by atoms with Gasteiger partial charge in [0.1, 0.15) is 17.2 Å². The fraction of sp³-hybridized carbons (Fsp3) is 0.250. The SMILES string of the molecule is COc1nc(C2(Nc3nccc4cc(CN5CC(F)C5)cnc34)C=CC=C(c3ccccc3Cl)C2C)ccc1C=O. The predicted octanol–water partition coefficient (Wildman–Crippen LogP) is 6.25. The Morgan fingerprint density at radius 3 is 2.78 bits per heavy atom. The number of likely N-dealkylation sites (tertiary alicyclic amines) is 1. The first kappa shape index (κ1) is 27.1. The summed E-state index contributed by atoms with van der Waals surface area (Å²) in [6.07, 6.45) is 9.64. The first-order valence-corrected chi connectivity index (χ1v) is 13.8. The van der Waals surface area contributed by atoms with E-state index < -0.39 is 11.7 Å². The maximum Gasteiger partial charge on any atom is 0.224 e. The zero-order valence-electron chi connectivity index (χ0n) is 22.7. The van der Waals surface area contributed by atoms with Gasteiger partial charge in [-0.1, -0.05) is 55.0 Å². The average molecular weight is 570 g/mol. The summed E-state index contributed by atoms with van der Waals surface area (Å²) in [5, 5.41) is 5.26. The van der Waals surface area contributed by atoms with Gasteiger partial charge in [-0.15, -0.1) is 0 Å². The van der Waals surface area contributed by atoms with E-state index in [2.05, 4.69) is 29.3 Å². The second kappa shape index (κ2) is 11.0. The van der Waals surface area contributed by atoms with Crippen molar-refractivity contribution in [3.8, 4) is 5.88 Å². The molecule has 1 aliphatic carbocycles. The Bertz CT molecular complexity index is 1690. The molecular formula is C32H29ClFN5O2. The number of aromatic nitrogens is 3. The lowest BCUT2D eigenvalue weighted by atomic mass is 9.72. The molecule has 1 fully saturated rings. The van der Waals surface area contributed by atoms with E-state index in [0.29, 0.717) is 47.2 Å². The van der Waals surface area contributed by atoms with Crippen molar-refractivity contribution in [1.82, 2.24) is 19.9 Å². The molecule has 1 N–H and O–H groups in total. The Kier molecular flexibility index (Phi) is 7.28. The molecule has 7 nitrogen and oxygen atoms in total. The van der Waals surface area contributed by atoms with Gasteiger partial charge < -0.3 is 10.1 Å². The van der Waals surface area contributed by atoms with Crippen LogP contribution in [0.15, 0.2) is 79.2 Å². The highest BCUT2D eigenvalue weighted by molar-refractivity contribution is 6.32. The summed E-state index contributed by atoms with van der Waals surface area (Å²) in [7, 11) is 1.50. The smallest absolute Gasteiger partial charge is 0.224 e. The van der Waals surface area contributed by atoms with Crippen LogP contribution in [0.25, 0.3) is 16.5 Å². The number of hydrogen-bond donors (Lipinski definition) is 1. The van der Waals surface area contributed by atoms with Crippen molar-refractivity contribution in [1.29, 1.82) is 0 Å². The zero-order chi connectivity index (χ0) is 28.6. The molecule has 6 rings (SSSR count). The molecule has 208 valence electrons. The standard InChI is InChI=1S/C32H29ClFN5O2/c1-20-25(26-6-3-4-8-27(26)33)7-5-12-32(20,28-10-9-23(19-40)31(37-28)41-2)38-30-29-22(11-13-35-30)14-21(15-36-29)16-39-17-24(34)18-39/h3-15,19-20,24H,16-18H2,1-2H3,(H,35,38). The van der Waals surface area contributed by atoms with Crippen LogP contribution in [0.4, 0.5) is 10.2 Å². The number of anilines is 1. The normalized spacial score (nSPS) is 20.9. The molecule has 0 saturated carbocycles. The van der Waals surface area contributed by atoms with Gasteiger partial charge in [0.05, 0.1) is 18.4 Å². The Balaban J connectivity index is 1.45. The number of rotatable bonds is 8. The summed E-state index contributed by atoms with van der Waals surface area (Å²) in [5.74, 6) is 0.644. The van der Waals surface area contributed by atoms with E-state index >= 15 is 0 Å². The highest BCUT2D eigenvalue weighted by atomic mass is 35.5. The third kappa shape index (κ3) is 4.98. The summed E-state index contributed by atoms with van der Waals surface area (Å²) in [5.41, 5.74) is 3.77. The Labute approximate surface area is 242 Å². The van der Waals surface area contributed by atoms with Gasteiger partial charge >= 0.3 is 0 Å². The number of halogens is 2. The Morgan fingerprint density at radius 1 is 1.20 bits per heavy atom. The van der Waals surface area contributed by atoms with Gasteiger partial charge in [0.2, 0.25) is 5.88 Å². The van der Waals surface area contributed by atoms with Crippen LogP contribution in [0, 0.1) is 5.92 Å². The Hall–Kier alpha value is -4.14. The summed E-state index contributed by atoms with van der Waals surface area (Å²) >= 11 is 6.65. The van der Waals surface area contributed by atoms with E-state index in [1.807, 2.05) is 54.7 Å². The molecule has 3 aromatic heterocycles. The molecule has 2 unspecified atom stereocenters. The van der Waals surface area contributed by atoms with Gasteiger partial charge in [0.25, 0.3) is 0 Å². The zero-order valence-corrected chi connectivity index (χ0v) is 23.5. The lowest BCUT2D eigenvalue weighted by Gasteiger charge is -2.41. The van der Waals surface area contributed by atoms with Crippen molar-refractivity contribution < 1.29 is 13.9 Å². The quantitative estimate of drug-likeness (QED) is 0.251. The Morgan fingerprint density at radius 2 is 2.02 bits per heavy atom. The van der Waals surface area contributed by atoms with Crippen molar-refractivity contribution in [2.45, 2.75) is 25.2 Å². The number of allylic oxidation sites excluding steroid dienone is 2. The lowest BCUT2D eigenvalue weighted by molar-refractivity contribution is 0.0591. The van der Waals surface area contributed by atoms with E-state index in [1.165, 1.54) is 7.11 Å². The number of benzene rings is 1. The van der Waals surface area contributed by atoms with E-state index in [-0.39, 0.29) is 11.8 Å². The van der Waals surface area contributed by atoms with Gasteiger partial charge in [-0.2, -0.15) is 0 Å². The number of alkyl halides is 1. The predicted molar refractivity (Wildman–Crippen MR) is 159 cm³/mol. The van der Waals surface area contributed by atoms with E-state index in [9.17, 15) is 9.18 Å². The fourth-order valence-electron chi connectivity index (χ4n) is 5.69. The molecule has 1 aliphatic heterocycles. The maximum atomic E-state index is 13.3. The number of nitrogens with one attached hydrogen (secondary N) is 1. The molecule has 2 aliphatic rings. The van der Waals surface area contributed by atoms with Crippen molar-refractivity contribution in [2.75, 3.05) is 25.5 Å². The molecule has 9 heteroatoms. The van der Waals surface area contributed by atoms with Gasteiger partial charge in [-0.05, 0) is 47.0 Å². The molecule has 0 amide bonds. The van der Waals surface area contributed by atoms with Gasteiger partial charge in [0.15, 0.2) is 12.1 Å². The van der Waals surface area contributed by atoms with Gasteiger partial charge in [-0.25, -0.2) is 14.4 Å². The van der Waals surface area contributed by atoms with Crippen molar-refractivity contribution in [3.05, 3.63) is 107 Å². The minimum absolute atomic E-state index is 0.178. The summed E-state index contributed by atoms with van der Waals surface area (Å²) in [6.45, 7) is 3.66. The largest absolute Gasteiger partial charge is 0.480 e. The molecule has 1 saturated heterocycles. The highest BCUT2D eigenvalue weighted by Crippen LogP contribution is 2.46. The molecule has 0 bridgehead atoms. The average Bonchev–Trinajstić information content (AvgIpc) is 2.97. The second-order valence-corrected chi connectivity index (χ2v) is 10.9. The first-order valence-electron chi connectivity index (χ1n) is 13.4. The number of nitrogens with zero attached hydrogens (tertiary/aromatic N) is 4. The summed E-state index contributed by atoms with van der Waals surface area (Å²) in [6, 6.07) is 15.3. The van der Waals surface area contributed by atoms with Crippen molar-refractivity contribution in [2.24, 2.45) is 5.92 Å². The van der Waals surface area contributed by atoms with E-state index in [1.54, 1.807) is 12.3 Å². The van der Waals surface area contributed by atoms with E-state index in [0.717, 1.165) is 28.4 Å². The third-order valence-corrected chi connectivity index (χ3v) is 8.23. The topological polar surface area (TPSA) is 80.2 Å². The molecule has 2 atom stereocenters. The van der Waals surface area contributed by atoms with Crippen molar-refractivity contribution in [3.63, 3.8) is 0 Å². The van der Waals surface area contributed by atoms with Crippen LogP contribution in [-0.2, 0) is 12.1 Å². The number of carbonyl (C=O) groups is 1. The molecule has 41 heavy (non-hydrogen) atoms. The number of fused-ring (bicyclic) bond motifs is 1. The minimum Gasteiger partial charge on any atom is -0.480 e. The van der Waals surface area contributed by atoms with Crippen LogP contribution in [-0.4, -0.2) is 52.5 Å². The molecular weight excluding hydrogens is 541 g/mol. The molecule has 4 heterocycles. The first-order chi connectivity index (χ1) is 19.9. The number of pyridine rings is 3. The molecule has 4 aromatic rings. The van der Waals surface area contributed by atoms with Crippen LogP contribution in [0.3, 0.4) is 0 Å². The monoisotopic (exact) mass is 569 g/mol. The third-order valence-electron chi connectivity index (χ3n) is 7.90. The summed E-state index contributed by atoms with van der Waals surface area (Å²) in [4.78, 5) is 28.0. The number of ether oxygens (including phenoxy) is 1. The maximum absolute atomic E-state index is 13.3. The molecule has 1 aromatic carbocycles.